The quantitative estimate of drug-likeness (QED) is 0.644. The number of rotatable bonds is 5. The van der Waals surface area contributed by atoms with Crippen LogP contribution in [-0.4, -0.2) is 31.7 Å². The van der Waals surface area contributed by atoms with Crippen molar-refractivity contribution in [1.29, 1.82) is 0 Å². The second kappa shape index (κ2) is 5.94. The lowest BCUT2D eigenvalue weighted by molar-refractivity contribution is -0.123. The third-order valence-corrected chi connectivity index (χ3v) is 1.89. The monoisotopic (exact) mass is 188 g/mol. The van der Waals surface area contributed by atoms with Crippen LogP contribution in [0.2, 0.25) is 0 Å². The molecule has 0 radical (unpaired) electrons. The van der Waals surface area contributed by atoms with Gasteiger partial charge >= 0.3 is 0 Å². The molecule has 0 saturated heterocycles. The fourth-order valence-corrected chi connectivity index (χ4v) is 0.895. The maximum atomic E-state index is 11.2. The summed E-state index contributed by atoms with van der Waals surface area (Å²) in [7, 11) is 1.62. The van der Waals surface area contributed by atoms with Crippen molar-refractivity contribution in [2.75, 3.05) is 13.7 Å². The number of amides is 1. The van der Waals surface area contributed by atoms with E-state index in [0.717, 1.165) is 0 Å². The third-order valence-electron chi connectivity index (χ3n) is 1.89. The van der Waals surface area contributed by atoms with Crippen LogP contribution >= 0.6 is 0 Å². The summed E-state index contributed by atoms with van der Waals surface area (Å²) in [6, 6.07) is -0.415. The van der Waals surface area contributed by atoms with Crippen LogP contribution in [0.4, 0.5) is 0 Å². The van der Waals surface area contributed by atoms with Gasteiger partial charge in [-0.05, 0) is 12.8 Å². The van der Waals surface area contributed by atoms with Crippen molar-refractivity contribution in [3.05, 3.63) is 0 Å². The Morgan fingerprint density at radius 3 is 2.31 bits per heavy atom. The lowest BCUT2D eigenvalue weighted by Crippen LogP contribution is -2.47. The summed E-state index contributed by atoms with van der Waals surface area (Å²) in [6.45, 7) is 6.26. The third kappa shape index (κ3) is 4.85. The average molecular weight is 188 g/mol. The number of nitrogens with two attached hydrogens (primary N) is 1. The van der Waals surface area contributed by atoms with Gasteiger partial charge in [0.2, 0.25) is 5.91 Å². The van der Waals surface area contributed by atoms with Crippen LogP contribution in [0, 0.1) is 5.92 Å². The van der Waals surface area contributed by atoms with Gasteiger partial charge in [-0.25, -0.2) is 0 Å². The van der Waals surface area contributed by atoms with Crippen molar-refractivity contribution in [3.63, 3.8) is 0 Å². The maximum absolute atomic E-state index is 11.2. The molecule has 0 aromatic carbocycles. The molecule has 0 heterocycles. The van der Waals surface area contributed by atoms with Gasteiger partial charge in [0.25, 0.3) is 0 Å². The Morgan fingerprint density at radius 1 is 1.46 bits per heavy atom. The first-order chi connectivity index (χ1) is 5.99. The SMILES string of the molecule is COCC(NC(=O)C(C)N)C(C)C. The van der Waals surface area contributed by atoms with Crippen LogP contribution in [0.15, 0.2) is 0 Å². The molecular weight excluding hydrogens is 168 g/mol. The van der Waals surface area contributed by atoms with Crippen molar-refractivity contribution in [1.82, 2.24) is 5.32 Å². The summed E-state index contributed by atoms with van der Waals surface area (Å²) < 4.78 is 4.99. The first kappa shape index (κ1) is 12.4. The minimum absolute atomic E-state index is 0.0449. The van der Waals surface area contributed by atoms with E-state index in [1.165, 1.54) is 0 Å². The number of methoxy groups -OCH3 is 1. The predicted octanol–water partition coefficient (Wildman–Crippen LogP) is 0.121. The molecule has 13 heavy (non-hydrogen) atoms. The molecule has 1 amide bonds. The molecule has 0 saturated carbocycles. The first-order valence-corrected chi connectivity index (χ1v) is 4.54. The molecule has 0 bridgehead atoms. The van der Waals surface area contributed by atoms with Gasteiger partial charge in [0.15, 0.2) is 0 Å². The Kier molecular flexibility index (Phi) is 5.66. The van der Waals surface area contributed by atoms with Crippen molar-refractivity contribution in [2.45, 2.75) is 32.9 Å². The topological polar surface area (TPSA) is 64.3 Å². The molecule has 2 atom stereocenters. The summed E-state index contributed by atoms with van der Waals surface area (Å²) in [5, 5.41) is 2.83. The van der Waals surface area contributed by atoms with E-state index in [1.807, 2.05) is 13.8 Å². The van der Waals surface area contributed by atoms with E-state index in [1.54, 1.807) is 14.0 Å². The van der Waals surface area contributed by atoms with Crippen LogP contribution in [-0.2, 0) is 9.53 Å². The maximum Gasteiger partial charge on any atom is 0.236 e. The van der Waals surface area contributed by atoms with Gasteiger partial charge in [0, 0.05) is 7.11 Å². The Morgan fingerprint density at radius 2 is 2.00 bits per heavy atom. The minimum Gasteiger partial charge on any atom is -0.383 e. The van der Waals surface area contributed by atoms with E-state index in [0.29, 0.717) is 12.5 Å². The van der Waals surface area contributed by atoms with Crippen molar-refractivity contribution >= 4 is 5.91 Å². The number of carbonyl (C=O) groups excluding carboxylic acids is 1. The zero-order chi connectivity index (χ0) is 10.4. The van der Waals surface area contributed by atoms with E-state index >= 15 is 0 Å². The van der Waals surface area contributed by atoms with E-state index < -0.39 is 6.04 Å². The van der Waals surface area contributed by atoms with Crippen LogP contribution in [0.5, 0.6) is 0 Å². The molecule has 78 valence electrons. The van der Waals surface area contributed by atoms with E-state index in [9.17, 15) is 4.79 Å². The van der Waals surface area contributed by atoms with Crippen molar-refractivity contribution in [2.24, 2.45) is 11.7 Å². The summed E-state index contributed by atoms with van der Waals surface area (Å²) in [6.07, 6.45) is 0. The number of nitrogens with one attached hydrogen (secondary N) is 1. The fourth-order valence-electron chi connectivity index (χ4n) is 0.895. The summed E-state index contributed by atoms with van der Waals surface area (Å²) in [5.74, 6) is 0.221. The average Bonchev–Trinajstić information content (AvgIpc) is 2.03. The van der Waals surface area contributed by atoms with Gasteiger partial charge in [-0.2, -0.15) is 0 Å². The van der Waals surface area contributed by atoms with E-state index in [4.69, 9.17) is 10.5 Å². The fraction of sp³-hybridized carbons (Fsp3) is 0.889. The summed E-state index contributed by atoms with van der Waals surface area (Å²) >= 11 is 0. The molecule has 4 nitrogen and oxygen atoms in total. The molecule has 0 aliphatic heterocycles. The number of hydrogen-bond acceptors (Lipinski definition) is 3. The Bertz CT molecular complexity index is 158. The highest BCUT2D eigenvalue weighted by Gasteiger charge is 2.17. The number of ether oxygens (including phenoxy) is 1. The van der Waals surface area contributed by atoms with Gasteiger partial charge in [-0.15, -0.1) is 0 Å². The first-order valence-electron chi connectivity index (χ1n) is 4.54. The Balaban J connectivity index is 4.02. The van der Waals surface area contributed by atoms with E-state index in [-0.39, 0.29) is 11.9 Å². The zero-order valence-electron chi connectivity index (χ0n) is 8.83. The molecule has 0 fully saturated rings. The highest BCUT2D eigenvalue weighted by atomic mass is 16.5. The minimum atomic E-state index is -0.460. The summed E-state index contributed by atoms with van der Waals surface area (Å²) in [5.41, 5.74) is 5.43. The van der Waals surface area contributed by atoms with Gasteiger partial charge in [0.1, 0.15) is 0 Å². The molecule has 0 aromatic rings. The zero-order valence-corrected chi connectivity index (χ0v) is 8.83. The molecule has 0 aromatic heterocycles. The van der Waals surface area contributed by atoms with Crippen molar-refractivity contribution in [3.8, 4) is 0 Å². The molecule has 2 unspecified atom stereocenters. The van der Waals surface area contributed by atoms with Crippen LogP contribution < -0.4 is 11.1 Å². The normalized spacial score (nSPS) is 15.5. The van der Waals surface area contributed by atoms with Gasteiger partial charge in [0.05, 0.1) is 18.7 Å². The van der Waals surface area contributed by atoms with Crippen molar-refractivity contribution < 1.29 is 9.53 Å². The van der Waals surface area contributed by atoms with Gasteiger partial charge in [-0.3, -0.25) is 4.79 Å². The lowest BCUT2D eigenvalue weighted by atomic mass is 10.1. The lowest BCUT2D eigenvalue weighted by Gasteiger charge is -2.22. The van der Waals surface area contributed by atoms with E-state index in [2.05, 4.69) is 5.32 Å². The predicted molar refractivity (Wildman–Crippen MR) is 52.3 cm³/mol. The molecule has 0 rings (SSSR count). The standard InChI is InChI=1S/C9H20N2O2/c1-6(2)8(5-13-4)11-9(12)7(3)10/h6-8H,5,10H2,1-4H3,(H,11,12). The van der Waals surface area contributed by atoms with Crippen LogP contribution in [0.1, 0.15) is 20.8 Å². The smallest absolute Gasteiger partial charge is 0.236 e. The highest BCUT2D eigenvalue weighted by molar-refractivity contribution is 5.81. The van der Waals surface area contributed by atoms with Crippen LogP contribution in [0.25, 0.3) is 0 Å². The molecule has 4 heteroatoms. The second-order valence-electron chi connectivity index (χ2n) is 3.60. The molecular formula is C9H20N2O2. The van der Waals surface area contributed by atoms with Gasteiger partial charge < -0.3 is 15.8 Å². The molecule has 3 N–H and O–H groups in total. The molecule has 0 aliphatic carbocycles. The molecule has 0 spiro atoms. The number of carbonyl (C=O) groups is 1. The Hall–Kier alpha value is -0.610. The van der Waals surface area contributed by atoms with Gasteiger partial charge in [-0.1, -0.05) is 13.8 Å². The molecule has 0 aliphatic rings. The summed E-state index contributed by atoms with van der Waals surface area (Å²) in [4.78, 5) is 11.2. The highest BCUT2D eigenvalue weighted by Crippen LogP contribution is 2.01. The largest absolute Gasteiger partial charge is 0.383 e. The number of hydrogen-bond donors (Lipinski definition) is 2. The Labute approximate surface area is 79.8 Å². The van der Waals surface area contributed by atoms with Crippen LogP contribution in [0.3, 0.4) is 0 Å². The second-order valence-corrected chi connectivity index (χ2v) is 3.60.